The molecule has 0 aromatic carbocycles. The molecule has 0 heterocycles. The summed E-state index contributed by atoms with van der Waals surface area (Å²) in [5, 5.41) is 2.65. The number of amides is 1. The number of halogens is 1. The van der Waals surface area contributed by atoms with E-state index in [9.17, 15) is 4.79 Å². The van der Waals surface area contributed by atoms with Gasteiger partial charge in [0.25, 0.3) is 0 Å². The molecule has 11 heavy (non-hydrogen) atoms. The van der Waals surface area contributed by atoms with E-state index < -0.39 is 0 Å². The van der Waals surface area contributed by atoms with Gasteiger partial charge in [0.05, 0.1) is 6.04 Å². The Morgan fingerprint density at radius 2 is 2.27 bits per heavy atom. The maximum atomic E-state index is 10.9. The van der Waals surface area contributed by atoms with Crippen LogP contribution in [0.25, 0.3) is 0 Å². The van der Waals surface area contributed by atoms with Crippen molar-refractivity contribution < 1.29 is 4.79 Å². The highest BCUT2D eigenvalue weighted by atomic mass is 35.5. The van der Waals surface area contributed by atoms with Crippen LogP contribution >= 0.6 is 24.2 Å². The molecule has 3 N–H and O–H groups in total. The molecule has 1 atom stereocenters. The Morgan fingerprint density at radius 1 is 1.73 bits per heavy atom. The largest absolute Gasteiger partial charge is 0.355 e. The average Bonchev–Trinajstić information content (AvgIpc) is 1.89. The van der Waals surface area contributed by atoms with E-state index in [0.29, 0.717) is 12.3 Å². The van der Waals surface area contributed by atoms with Crippen LogP contribution in [0.15, 0.2) is 0 Å². The molecule has 3 nitrogen and oxygen atoms in total. The first-order chi connectivity index (χ1) is 4.72. The van der Waals surface area contributed by atoms with Gasteiger partial charge in [0.1, 0.15) is 0 Å². The van der Waals surface area contributed by atoms with E-state index in [1.165, 1.54) is 0 Å². The molecule has 0 aliphatic carbocycles. The summed E-state index contributed by atoms with van der Waals surface area (Å²) < 4.78 is 0. The molecule has 5 heteroatoms. The van der Waals surface area contributed by atoms with Crippen LogP contribution in [0.3, 0.4) is 0 Å². The summed E-state index contributed by atoms with van der Waals surface area (Å²) in [6.45, 7) is 2.53. The Bertz CT molecular complexity index is 113. The Balaban J connectivity index is 0. The lowest BCUT2D eigenvalue weighted by Gasteiger charge is -2.08. The van der Waals surface area contributed by atoms with Crippen molar-refractivity contribution in [2.75, 3.05) is 18.6 Å². The smallest absolute Gasteiger partial charge is 0.237 e. The molecule has 0 unspecified atom stereocenters. The van der Waals surface area contributed by atoms with Gasteiger partial charge in [0, 0.05) is 12.3 Å². The predicted molar refractivity (Wildman–Crippen MR) is 52.3 cm³/mol. The zero-order valence-electron chi connectivity index (χ0n) is 6.79. The van der Waals surface area contributed by atoms with Crippen LogP contribution in [0.5, 0.6) is 0 Å². The van der Waals surface area contributed by atoms with E-state index in [2.05, 4.69) is 5.32 Å². The van der Waals surface area contributed by atoms with Crippen LogP contribution in [0, 0.1) is 0 Å². The van der Waals surface area contributed by atoms with Gasteiger partial charge in [-0.25, -0.2) is 0 Å². The van der Waals surface area contributed by atoms with Crippen molar-refractivity contribution in [2.24, 2.45) is 5.73 Å². The molecule has 68 valence electrons. The van der Waals surface area contributed by atoms with E-state index in [4.69, 9.17) is 5.73 Å². The lowest BCUT2D eigenvalue weighted by molar-refractivity contribution is -0.121. The monoisotopic (exact) mass is 198 g/mol. The minimum absolute atomic E-state index is 0. The van der Waals surface area contributed by atoms with Gasteiger partial charge in [-0.2, -0.15) is 11.8 Å². The summed E-state index contributed by atoms with van der Waals surface area (Å²) in [6.07, 6.45) is 1.93. The number of carbonyl (C=O) groups is 1. The Morgan fingerprint density at radius 3 is 2.64 bits per heavy atom. The molecular formula is C6H15ClN2OS. The SMILES string of the molecule is CCNC(=O)[C@@H](N)CSC.Cl. The zero-order valence-corrected chi connectivity index (χ0v) is 8.43. The van der Waals surface area contributed by atoms with Crippen molar-refractivity contribution >= 4 is 30.1 Å². The second kappa shape index (κ2) is 8.17. The first-order valence-corrected chi connectivity index (χ1v) is 4.64. The van der Waals surface area contributed by atoms with E-state index in [-0.39, 0.29) is 24.4 Å². The number of thioether (sulfide) groups is 1. The third-order valence-corrected chi connectivity index (χ3v) is 1.73. The van der Waals surface area contributed by atoms with Crippen LogP contribution in [0.2, 0.25) is 0 Å². The number of hydrogen-bond donors (Lipinski definition) is 2. The van der Waals surface area contributed by atoms with Crippen LogP contribution < -0.4 is 11.1 Å². The van der Waals surface area contributed by atoms with Gasteiger partial charge >= 0.3 is 0 Å². The van der Waals surface area contributed by atoms with Crippen LogP contribution in [0.1, 0.15) is 6.92 Å². The number of rotatable bonds is 4. The first-order valence-electron chi connectivity index (χ1n) is 3.24. The number of nitrogens with one attached hydrogen (secondary N) is 1. The molecule has 0 radical (unpaired) electrons. The van der Waals surface area contributed by atoms with Gasteiger partial charge in [-0.1, -0.05) is 0 Å². The van der Waals surface area contributed by atoms with Gasteiger partial charge in [0.15, 0.2) is 0 Å². The first kappa shape index (κ1) is 13.6. The molecular weight excluding hydrogens is 184 g/mol. The standard InChI is InChI=1S/C6H14N2OS.ClH/c1-3-8-6(9)5(7)4-10-2;/h5H,3-4,7H2,1-2H3,(H,8,9);1H/t5-;/m0./s1. The van der Waals surface area contributed by atoms with Crippen molar-refractivity contribution in [3.8, 4) is 0 Å². The molecule has 0 aromatic heterocycles. The zero-order chi connectivity index (χ0) is 7.98. The van der Waals surface area contributed by atoms with Gasteiger partial charge < -0.3 is 11.1 Å². The molecule has 1 amide bonds. The predicted octanol–water partition coefficient (Wildman–Crippen LogP) is 0.235. The van der Waals surface area contributed by atoms with E-state index in [0.717, 1.165) is 0 Å². The minimum Gasteiger partial charge on any atom is -0.355 e. The van der Waals surface area contributed by atoms with Gasteiger partial charge in [0.2, 0.25) is 5.91 Å². The highest BCUT2D eigenvalue weighted by Gasteiger charge is 2.09. The molecule has 0 aliphatic rings. The molecule has 0 aliphatic heterocycles. The summed E-state index contributed by atoms with van der Waals surface area (Å²) in [4.78, 5) is 10.9. The molecule has 0 bridgehead atoms. The Labute approximate surface area is 77.9 Å². The second-order valence-electron chi connectivity index (χ2n) is 1.96. The topological polar surface area (TPSA) is 55.1 Å². The number of nitrogens with two attached hydrogens (primary N) is 1. The fraction of sp³-hybridized carbons (Fsp3) is 0.833. The Hall–Kier alpha value is 0.0700. The highest BCUT2D eigenvalue weighted by Crippen LogP contribution is 1.93. The summed E-state index contributed by atoms with van der Waals surface area (Å²) in [5.74, 6) is 0.628. The number of likely N-dealkylation sites (N-methyl/N-ethyl adjacent to an activating group) is 1. The summed E-state index contributed by atoms with van der Waals surface area (Å²) in [5.41, 5.74) is 5.48. The summed E-state index contributed by atoms with van der Waals surface area (Å²) >= 11 is 1.58. The van der Waals surface area contributed by atoms with Gasteiger partial charge in [-0.05, 0) is 13.2 Å². The average molecular weight is 199 g/mol. The molecule has 0 fully saturated rings. The quantitative estimate of drug-likeness (QED) is 0.681. The van der Waals surface area contributed by atoms with Crippen molar-refractivity contribution in [3.63, 3.8) is 0 Å². The van der Waals surface area contributed by atoms with Crippen molar-refractivity contribution in [1.82, 2.24) is 5.32 Å². The molecule has 0 saturated carbocycles. The Kier molecular flexibility index (Phi) is 10.1. The van der Waals surface area contributed by atoms with Crippen LogP contribution in [-0.4, -0.2) is 30.5 Å². The van der Waals surface area contributed by atoms with E-state index in [1.807, 2.05) is 13.2 Å². The van der Waals surface area contributed by atoms with Crippen molar-refractivity contribution in [3.05, 3.63) is 0 Å². The lowest BCUT2D eigenvalue weighted by Crippen LogP contribution is -2.42. The van der Waals surface area contributed by atoms with E-state index in [1.54, 1.807) is 11.8 Å². The van der Waals surface area contributed by atoms with Crippen LogP contribution in [-0.2, 0) is 4.79 Å². The number of carbonyl (C=O) groups excluding carboxylic acids is 1. The lowest BCUT2D eigenvalue weighted by atomic mass is 10.3. The second-order valence-corrected chi connectivity index (χ2v) is 2.87. The fourth-order valence-corrected chi connectivity index (χ4v) is 1.07. The van der Waals surface area contributed by atoms with Gasteiger partial charge in [-0.15, -0.1) is 12.4 Å². The molecule has 0 spiro atoms. The third kappa shape index (κ3) is 6.47. The molecule has 0 rings (SSSR count). The van der Waals surface area contributed by atoms with E-state index >= 15 is 0 Å². The molecule has 0 aromatic rings. The highest BCUT2D eigenvalue weighted by molar-refractivity contribution is 7.98. The maximum absolute atomic E-state index is 10.9. The van der Waals surface area contributed by atoms with Gasteiger partial charge in [-0.3, -0.25) is 4.79 Å². The molecule has 0 saturated heterocycles. The fourth-order valence-electron chi connectivity index (χ4n) is 0.561. The summed E-state index contributed by atoms with van der Waals surface area (Å²) in [7, 11) is 0. The normalized spacial score (nSPS) is 11.5. The maximum Gasteiger partial charge on any atom is 0.237 e. The van der Waals surface area contributed by atoms with Crippen molar-refractivity contribution in [2.45, 2.75) is 13.0 Å². The summed E-state index contributed by atoms with van der Waals surface area (Å²) in [6, 6.07) is -0.352. The third-order valence-electron chi connectivity index (χ3n) is 1.03. The minimum atomic E-state index is -0.352. The number of hydrogen-bond acceptors (Lipinski definition) is 3. The van der Waals surface area contributed by atoms with Crippen LogP contribution in [0.4, 0.5) is 0 Å². The van der Waals surface area contributed by atoms with Crippen molar-refractivity contribution in [1.29, 1.82) is 0 Å².